The van der Waals surface area contributed by atoms with Crippen molar-refractivity contribution < 1.29 is 9.47 Å². The van der Waals surface area contributed by atoms with Crippen molar-refractivity contribution in [2.24, 2.45) is 0 Å². The number of thiocarbonyl (C=S) groups is 1. The number of ether oxygens (including phenoxy) is 2. The molecule has 0 saturated heterocycles. The van der Waals surface area contributed by atoms with Crippen molar-refractivity contribution >= 4 is 23.0 Å². The minimum absolute atomic E-state index is 0.183. The third-order valence-electron chi connectivity index (χ3n) is 3.99. The van der Waals surface area contributed by atoms with Gasteiger partial charge < -0.3 is 20.1 Å². The van der Waals surface area contributed by atoms with E-state index >= 15 is 0 Å². The maximum atomic E-state index is 5.60. The summed E-state index contributed by atoms with van der Waals surface area (Å²) in [4.78, 5) is 0. The molecule has 1 unspecified atom stereocenters. The fourth-order valence-electron chi connectivity index (χ4n) is 2.67. The smallest absolute Gasteiger partial charge is 0.171 e. The summed E-state index contributed by atoms with van der Waals surface area (Å²) in [6, 6.07) is 14.5. The summed E-state index contributed by atoms with van der Waals surface area (Å²) >= 11 is 5.46. The maximum absolute atomic E-state index is 5.60. The monoisotopic (exact) mass is 342 g/mol. The molecule has 0 saturated carbocycles. The predicted octanol–water partition coefficient (Wildman–Crippen LogP) is 4.20. The van der Waals surface area contributed by atoms with Crippen LogP contribution in [0.1, 0.15) is 30.5 Å². The van der Waals surface area contributed by atoms with Crippen LogP contribution in [0.2, 0.25) is 0 Å². The molecule has 0 radical (unpaired) electrons. The number of aryl methyl sites for hydroxylation is 1. The highest BCUT2D eigenvalue weighted by Gasteiger charge is 2.14. The van der Waals surface area contributed by atoms with Crippen LogP contribution >= 0.6 is 12.2 Å². The Labute approximate surface area is 148 Å². The van der Waals surface area contributed by atoms with Crippen LogP contribution < -0.4 is 20.1 Å². The Kier molecular flexibility index (Phi) is 5.20. The van der Waals surface area contributed by atoms with Crippen LogP contribution in [0.5, 0.6) is 11.5 Å². The molecule has 0 amide bonds. The van der Waals surface area contributed by atoms with Gasteiger partial charge in [-0.1, -0.05) is 36.8 Å². The normalized spacial score (nSPS) is 13.9. The van der Waals surface area contributed by atoms with Gasteiger partial charge in [0.25, 0.3) is 0 Å². The Balaban J connectivity index is 1.65. The van der Waals surface area contributed by atoms with Gasteiger partial charge in [0.1, 0.15) is 13.2 Å². The molecule has 0 spiro atoms. The van der Waals surface area contributed by atoms with Gasteiger partial charge >= 0.3 is 0 Å². The molecule has 1 atom stereocenters. The minimum Gasteiger partial charge on any atom is -0.486 e. The summed E-state index contributed by atoms with van der Waals surface area (Å²) in [6.45, 7) is 5.40. The lowest BCUT2D eigenvalue weighted by Crippen LogP contribution is -2.32. The number of nitrogens with one attached hydrogen (secondary N) is 2. The van der Waals surface area contributed by atoms with Gasteiger partial charge in [-0.05, 0) is 43.3 Å². The first-order chi connectivity index (χ1) is 11.7. The van der Waals surface area contributed by atoms with Crippen LogP contribution in [0, 0.1) is 6.92 Å². The molecule has 0 fully saturated rings. The number of hydrogen-bond acceptors (Lipinski definition) is 3. The summed E-state index contributed by atoms with van der Waals surface area (Å²) in [5, 5.41) is 7.20. The molecule has 0 aliphatic carbocycles. The Morgan fingerprint density at radius 2 is 1.79 bits per heavy atom. The molecule has 5 heteroatoms. The molecule has 0 bridgehead atoms. The summed E-state index contributed by atoms with van der Waals surface area (Å²) in [7, 11) is 0. The summed E-state index contributed by atoms with van der Waals surface area (Å²) in [5.41, 5.74) is 3.37. The van der Waals surface area contributed by atoms with E-state index in [1.54, 1.807) is 0 Å². The Bertz CT molecular complexity index is 716. The zero-order valence-corrected chi connectivity index (χ0v) is 14.8. The van der Waals surface area contributed by atoms with Crippen LogP contribution in [0.4, 0.5) is 5.69 Å². The van der Waals surface area contributed by atoms with Crippen molar-refractivity contribution in [1.29, 1.82) is 0 Å². The summed E-state index contributed by atoms with van der Waals surface area (Å²) in [6.07, 6.45) is 0.950. The van der Waals surface area contributed by atoms with E-state index in [2.05, 4.69) is 48.7 Å². The van der Waals surface area contributed by atoms with Gasteiger partial charge in [-0.15, -0.1) is 0 Å². The fraction of sp³-hybridized carbons (Fsp3) is 0.316. The molecule has 2 aromatic rings. The molecular formula is C19H22N2O2S. The minimum atomic E-state index is 0.183. The first kappa shape index (κ1) is 16.6. The standard InChI is InChI=1S/C19H22N2O2S/c1-3-16(14-6-4-13(2)5-7-14)21-19(24)20-15-8-9-17-18(12-15)23-11-10-22-17/h4-9,12,16H,3,10-11H2,1-2H3,(H2,20,21,24). The van der Waals surface area contributed by atoms with Gasteiger partial charge in [0.2, 0.25) is 0 Å². The summed E-state index contributed by atoms with van der Waals surface area (Å²) < 4.78 is 11.1. The molecule has 126 valence electrons. The molecule has 2 aromatic carbocycles. The van der Waals surface area contributed by atoms with Crippen molar-refractivity contribution in [1.82, 2.24) is 5.32 Å². The van der Waals surface area contributed by atoms with Crippen molar-refractivity contribution in [3.05, 3.63) is 53.6 Å². The van der Waals surface area contributed by atoms with Gasteiger partial charge in [0.05, 0.1) is 6.04 Å². The second kappa shape index (κ2) is 7.53. The van der Waals surface area contributed by atoms with Crippen LogP contribution in [-0.4, -0.2) is 18.3 Å². The highest BCUT2D eigenvalue weighted by molar-refractivity contribution is 7.80. The first-order valence-corrected chi connectivity index (χ1v) is 8.60. The molecule has 4 nitrogen and oxygen atoms in total. The molecule has 3 rings (SSSR count). The molecule has 24 heavy (non-hydrogen) atoms. The topological polar surface area (TPSA) is 42.5 Å². The third-order valence-corrected chi connectivity index (χ3v) is 4.21. The Hall–Kier alpha value is -2.27. The second-order valence-corrected chi connectivity index (χ2v) is 6.24. The highest BCUT2D eigenvalue weighted by atomic mass is 32.1. The van der Waals surface area contributed by atoms with Gasteiger partial charge in [-0.2, -0.15) is 0 Å². The van der Waals surface area contributed by atoms with Crippen LogP contribution in [0.15, 0.2) is 42.5 Å². The number of rotatable bonds is 4. The van der Waals surface area contributed by atoms with E-state index < -0.39 is 0 Å². The molecule has 0 aromatic heterocycles. The van der Waals surface area contributed by atoms with E-state index in [9.17, 15) is 0 Å². The van der Waals surface area contributed by atoms with E-state index in [4.69, 9.17) is 21.7 Å². The highest BCUT2D eigenvalue weighted by Crippen LogP contribution is 2.32. The van der Waals surface area contributed by atoms with Crippen molar-refractivity contribution in [2.75, 3.05) is 18.5 Å². The zero-order valence-electron chi connectivity index (χ0n) is 14.0. The SMILES string of the molecule is CCC(NC(=S)Nc1ccc2c(c1)OCCO2)c1ccc(C)cc1. The van der Waals surface area contributed by atoms with Crippen molar-refractivity contribution in [3.63, 3.8) is 0 Å². The van der Waals surface area contributed by atoms with Crippen LogP contribution in [-0.2, 0) is 0 Å². The van der Waals surface area contributed by atoms with Crippen LogP contribution in [0.25, 0.3) is 0 Å². The number of hydrogen-bond donors (Lipinski definition) is 2. The average molecular weight is 342 g/mol. The van der Waals surface area contributed by atoms with Crippen molar-refractivity contribution in [3.8, 4) is 11.5 Å². The van der Waals surface area contributed by atoms with Gasteiger partial charge in [-0.3, -0.25) is 0 Å². The van der Waals surface area contributed by atoms with Gasteiger partial charge in [0.15, 0.2) is 16.6 Å². The lowest BCUT2D eigenvalue weighted by molar-refractivity contribution is 0.171. The lowest BCUT2D eigenvalue weighted by Gasteiger charge is -2.22. The number of benzene rings is 2. The average Bonchev–Trinajstić information content (AvgIpc) is 2.60. The Morgan fingerprint density at radius 1 is 1.08 bits per heavy atom. The third kappa shape index (κ3) is 3.97. The van der Waals surface area contributed by atoms with E-state index in [1.165, 1.54) is 11.1 Å². The molecular weight excluding hydrogens is 320 g/mol. The first-order valence-electron chi connectivity index (χ1n) is 8.19. The van der Waals surface area contributed by atoms with E-state index in [-0.39, 0.29) is 6.04 Å². The molecule has 1 aliphatic heterocycles. The predicted molar refractivity (Wildman–Crippen MR) is 101 cm³/mol. The van der Waals surface area contributed by atoms with E-state index in [1.807, 2.05) is 18.2 Å². The zero-order chi connectivity index (χ0) is 16.9. The molecule has 1 heterocycles. The Morgan fingerprint density at radius 3 is 2.50 bits per heavy atom. The van der Waals surface area contributed by atoms with E-state index in [0.29, 0.717) is 18.3 Å². The summed E-state index contributed by atoms with van der Waals surface area (Å²) in [5.74, 6) is 1.52. The quantitative estimate of drug-likeness (QED) is 0.815. The lowest BCUT2D eigenvalue weighted by atomic mass is 10.0. The van der Waals surface area contributed by atoms with Gasteiger partial charge in [0, 0.05) is 11.8 Å². The molecule has 2 N–H and O–H groups in total. The van der Waals surface area contributed by atoms with Crippen molar-refractivity contribution in [2.45, 2.75) is 26.3 Å². The largest absolute Gasteiger partial charge is 0.486 e. The second-order valence-electron chi connectivity index (χ2n) is 5.83. The van der Waals surface area contributed by atoms with E-state index in [0.717, 1.165) is 23.6 Å². The number of fused-ring (bicyclic) bond motifs is 1. The number of anilines is 1. The fourth-order valence-corrected chi connectivity index (χ4v) is 2.93. The maximum Gasteiger partial charge on any atom is 0.171 e. The molecule has 1 aliphatic rings. The van der Waals surface area contributed by atoms with Crippen LogP contribution in [0.3, 0.4) is 0 Å². The van der Waals surface area contributed by atoms with Gasteiger partial charge in [-0.25, -0.2) is 0 Å².